The Morgan fingerprint density at radius 1 is 0.263 bits per heavy atom. The molecule has 0 rings (SSSR count). The van der Waals surface area contributed by atoms with E-state index in [0.717, 1.165) is 116 Å². The van der Waals surface area contributed by atoms with Gasteiger partial charge in [-0.1, -0.05) is 289 Å². The van der Waals surface area contributed by atoms with Crippen LogP contribution in [0.5, 0.6) is 0 Å². The molecule has 0 radical (unpaired) electrons. The van der Waals surface area contributed by atoms with Gasteiger partial charge in [0.15, 0.2) is 6.10 Å². The predicted molar refractivity (Wildman–Crippen MR) is 348 cm³/mol. The molecule has 454 valence electrons. The zero-order valence-corrected chi connectivity index (χ0v) is 52.0. The van der Waals surface area contributed by atoms with Gasteiger partial charge in [-0.15, -0.1) is 0 Å². The fraction of sp³-hybridized carbons (Fsp3) is 0.662. The first-order chi connectivity index (χ1) is 39.5. The Bertz CT molecular complexity index is 1700. The average Bonchev–Trinajstić information content (AvgIpc) is 3.46. The van der Waals surface area contributed by atoms with Crippen LogP contribution >= 0.6 is 0 Å². The number of hydrogen-bond acceptors (Lipinski definition) is 6. The van der Waals surface area contributed by atoms with Crippen LogP contribution in [0.15, 0.2) is 134 Å². The smallest absolute Gasteiger partial charge is 0.306 e. The summed E-state index contributed by atoms with van der Waals surface area (Å²) in [7, 11) is 0. The normalized spacial score (nSPS) is 13.0. The van der Waals surface area contributed by atoms with Gasteiger partial charge < -0.3 is 14.2 Å². The van der Waals surface area contributed by atoms with Crippen LogP contribution in [0.1, 0.15) is 297 Å². The van der Waals surface area contributed by atoms with E-state index in [1.54, 1.807) is 0 Å². The molecule has 0 heterocycles. The number of esters is 3. The van der Waals surface area contributed by atoms with Crippen LogP contribution in [0.2, 0.25) is 0 Å². The van der Waals surface area contributed by atoms with Crippen molar-refractivity contribution in [2.24, 2.45) is 0 Å². The van der Waals surface area contributed by atoms with E-state index in [4.69, 9.17) is 14.2 Å². The van der Waals surface area contributed by atoms with E-state index in [1.807, 2.05) is 6.08 Å². The Morgan fingerprint density at radius 2 is 0.512 bits per heavy atom. The highest BCUT2D eigenvalue weighted by atomic mass is 16.6. The molecule has 0 aliphatic carbocycles. The number of carbonyl (C=O) groups excluding carboxylic acids is 3. The van der Waals surface area contributed by atoms with E-state index >= 15 is 0 Å². The van der Waals surface area contributed by atoms with Crippen molar-refractivity contribution in [1.29, 1.82) is 0 Å². The van der Waals surface area contributed by atoms with Crippen molar-refractivity contribution in [3.8, 4) is 0 Å². The zero-order valence-electron chi connectivity index (χ0n) is 52.0. The highest BCUT2D eigenvalue weighted by Crippen LogP contribution is 2.16. The fourth-order valence-electron chi connectivity index (χ4n) is 8.99. The highest BCUT2D eigenvalue weighted by molar-refractivity contribution is 5.71. The number of allylic oxidation sites excluding steroid dienone is 22. The van der Waals surface area contributed by atoms with Crippen molar-refractivity contribution in [1.82, 2.24) is 0 Å². The maximum absolute atomic E-state index is 12.9. The predicted octanol–water partition coefficient (Wildman–Crippen LogP) is 22.9. The summed E-state index contributed by atoms with van der Waals surface area (Å²) in [5, 5.41) is 0. The molecule has 0 aromatic heterocycles. The van der Waals surface area contributed by atoms with E-state index in [-0.39, 0.29) is 37.5 Å². The van der Waals surface area contributed by atoms with Gasteiger partial charge in [0.05, 0.1) is 0 Å². The molecule has 0 aromatic rings. The van der Waals surface area contributed by atoms with Gasteiger partial charge in [-0.2, -0.15) is 0 Å². The third kappa shape index (κ3) is 64.4. The molecule has 0 fully saturated rings. The molecule has 1 unspecified atom stereocenters. The van der Waals surface area contributed by atoms with Gasteiger partial charge in [0, 0.05) is 19.3 Å². The van der Waals surface area contributed by atoms with Gasteiger partial charge in [0.25, 0.3) is 0 Å². The minimum atomic E-state index is -0.813. The Labute approximate surface area is 494 Å². The summed E-state index contributed by atoms with van der Waals surface area (Å²) < 4.78 is 16.8. The molecule has 0 aromatic carbocycles. The largest absolute Gasteiger partial charge is 0.462 e. The molecule has 6 heteroatoms. The van der Waals surface area contributed by atoms with Gasteiger partial charge in [0.1, 0.15) is 13.2 Å². The SMILES string of the molecule is CC/C=C\C/C=C\C/C=C\C/C=C\C/C=C\C/C=C\CCCCCCCCCCCCCCCCCCC(=O)OCC(COC(=O)CC/C=C\C/C=C\C/C=C\C/C=C\CC)OC(=O)CCCCCCC/C=C\CCCCCCC. The minimum absolute atomic E-state index is 0.104. The molecular weight excluding hydrogens is 985 g/mol. The van der Waals surface area contributed by atoms with E-state index in [1.165, 1.54) is 135 Å². The lowest BCUT2D eigenvalue weighted by molar-refractivity contribution is -0.166. The van der Waals surface area contributed by atoms with Crippen molar-refractivity contribution in [3.05, 3.63) is 134 Å². The molecule has 1 atom stereocenters. The van der Waals surface area contributed by atoms with Gasteiger partial charge in [-0.3, -0.25) is 14.4 Å². The lowest BCUT2D eigenvalue weighted by Crippen LogP contribution is -2.30. The molecule has 0 N–H and O–H groups in total. The molecule has 0 saturated heterocycles. The first-order valence-corrected chi connectivity index (χ1v) is 33.2. The van der Waals surface area contributed by atoms with Gasteiger partial charge in [0.2, 0.25) is 0 Å². The standard InChI is InChI=1S/C74H122O6/c1-4-7-10-13-16-19-22-25-27-28-29-30-31-32-33-34-35-36-37-38-39-40-41-42-43-44-45-46-47-50-52-55-58-61-64-67-73(76)79-70-71(69-78-72(75)66-63-60-57-54-51-48-24-21-18-15-12-9-6-3)80-74(77)68-65-62-59-56-53-49-26-23-20-17-14-11-8-5-2/h7,9-10,12,16,18-19,21,23,25-27,29-30,32-33,35-36,48,51,57,60,71H,4-6,8,11,13-15,17,20,22,24,28,31,34,37-47,49-50,52-56,58-59,61-70H2,1-3H3/b10-7-,12-9-,19-16-,21-18-,26-23-,27-25-,30-29-,33-32-,36-35-,51-48-,60-57-. The molecule has 80 heavy (non-hydrogen) atoms. The number of ether oxygens (including phenoxy) is 3. The zero-order chi connectivity index (χ0) is 57.8. The second-order valence-electron chi connectivity index (χ2n) is 21.6. The van der Waals surface area contributed by atoms with Crippen LogP contribution in [-0.2, 0) is 28.6 Å². The van der Waals surface area contributed by atoms with Crippen molar-refractivity contribution < 1.29 is 28.6 Å². The Balaban J connectivity index is 4.18. The second kappa shape index (κ2) is 67.1. The molecule has 0 aliphatic heterocycles. The number of hydrogen-bond donors (Lipinski definition) is 0. The van der Waals surface area contributed by atoms with E-state index in [0.29, 0.717) is 19.3 Å². The Kier molecular flexibility index (Phi) is 63.3. The van der Waals surface area contributed by atoms with E-state index in [9.17, 15) is 14.4 Å². The lowest BCUT2D eigenvalue weighted by Gasteiger charge is -2.18. The lowest BCUT2D eigenvalue weighted by atomic mass is 10.0. The summed E-state index contributed by atoms with van der Waals surface area (Å²) in [5.41, 5.74) is 0. The van der Waals surface area contributed by atoms with Crippen LogP contribution in [0.4, 0.5) is 0 Å². The van der Waals surface area contributed by atoms with Gasteiger partial charge >= 0.3 is 17.9 Å². The van der Waals surface area contributed by atoms with Crippen LogP contribution < -0.4 is 0 Å². The summed E-state index contributed by atoms with van der Waals surface area (Å²) in [6.07, 6.45) is 95.0. The molecular formula is C74H122O6. The molecule has 0 amide bonds. The van der Waals surface area contributed by atoms with Crippen LogP contribution in [0.25, 0.3) is 0 Å². The van der Waals surface area contributed by atoms with Crippen LogP contribution in [0, 0.1) is 0 Å². The number of rotatable bonds is 59. The van der Waals surface area contributed by atoms with E-state index in [2.05, 4.69) is 148 Å². The summed E-state index contributed by atoms with van der Waals surface area (Å²) in [6.45, 7) is 6.34. The van der Waals surface area contributed by atoms with Crippen LogP contribution in [-0.4, -0.2) is 37.2 Å². The van der Waals surface area contributed by atoms with Gasteiger partial charge in [-0.05, 0) is 122 Å². The molecule has 0 spiro atoms. The van der Waals surface area contributed by atoms with Crippen molar-refractivity contribution in [2.45, 2.75) is 303 Å². The van der Waals surface area contributed by atoms with Crippen molar-refractivity contribution in [2.75, 3.05) is 13.2 Å². The molecule has 0 aliphatic rings. The first kappa shape index (κ1) is 75.5. The van der Waals surface area contributed by atoms with Gasteiger partial charge in [-0.25, -0.2) is 0 Å². The average molecular weight is 1110 g/mol. The topological polar surface area (TPSA) is 78.9 Å². The Morgan fingerprint density at radius 3 is 0.850 bits per heavy atom. The molecule has 0 saturated carbocycles. The second-order valence-corrected chi connectivity index (χ2v) is 21.6. The minimum Gasteiger partial charge on any atom is -0.462 e. The maximum atomic E-state index is 12.9. The quantitative estimate of drug-likeness (QED) is 0.0261. The Hall–Kier alpha value is -4.45. The van der Waals surface area contributed by atoms with Crippen molar-refractivity contribution in [3.63, 3.8) is 0 Å². The molecule has 0 bridgehead atoms. The third-order valence-corrected chi connectivity index (χ3v) is 13.9. The summed E-state index contributed by atoms with van der Waals surface area (Å²) in [5.74, 6) is -0.994. The highest BCUT2D eigenvalue weighted by Gasteiger charge is 2.19. The summed E-state index contributed by atoms with van der Waals surface area (Å²) in [4.78, 5) is 38.2. The third-order valence-electron chi connectivity index (χ3n) is 13.9. The van der Waals surface area contributed by atoms with E-state index < -0.39 is 6.10 Å². The molecule has 6 nitrogen and oxygen atoms in total. The first-order valence-electron chi connectivity index (χ1n) is 33.2. The number of unbranched alkanes of at least 4 members (excludes halogenated alkanes) is 26. The summed E-state index contributed by atoms with van der Waals surface area (Å²) >= 11 is 0. The summed E-state index contributed by atoms with van der Waals surface area (Å²) in [6, 6.07) is 0. The fourth-order valence-corrected chi connectivity index (χ4v) is 8.99. The van der Waals surface area contributed by atoms with Crippen molar-refractivity contribution >= 4 is 17.9 Å². The van der Waals surface area contributed by atoms with Crippen LogP contribution in [0.3, 0.4) is 0 Å². The monoisotopic (exact) mass is 1110 g/mol. The number of carbonyl (C=O) groups is 3. The maximum Gasteiger partial charge on any atom is 0.306 e.